The Morgan fingerprint density at radius 3 is 2.21 bits per heavy atom. The van der Waals surface area contributed by atoms with Gasteiger partial charge in [-0.3, -0.25) is 14.4 Å². The van der Waals surface area contributed by atoms with E-state index < -0.39 is 23.4 Å². The molecule has 7 heteroatoms. The van der Waals surface area contributed by atoms with Gasteiger partial charge in [0.15, 0.2) is 17.3 Å². The summed E-state index contributed by atoms with van der Waals surface area (Å²) in [5.41, 5.74) is 2.72. The van der Waals surface area contributed by atoms with Crippen LogP contribution in [0.2, 0.25) is 5.02 Å². The van der Waals surface area contributed by atoms with E-state index in [-0.39, 0.29) is 17.3 Å². The van der Waals surface area contributed by atoms with Gasteiger partial charge in [0.25, 0.3) is 0 Å². The maximum atomic E-state index is 14.8. The fourth-order valence-electron chi connectivity index (χ4n) is 7.26. The van der Waals surface area contributed by atoms with E-state index in [1.165, 1.54) is 7.11 Å². The van der Waals surface area contributed by atoms with Gasteiger partial charge in [0, 0.05) is 44.9 Å². The highest BCUT2D eigenvalue weighted by atomic mass is 35.5. The predicted octanol–water partition coefficient (Wildman–Crippen LogP) is 6.98. The highest BCUT2D eigenvalue weighted by molar-refractivity contribution is 6.33. The molecule has 1 fully saturated rings. The van der Waals surface area contributed by atoms with Gasteiger partial charge in [-0.25, -0.2) is 0 Å². The molecule has 0 saturated carbocycles. The first kappa shape index (κ1) is 27.2. The number of ether oxygens (including phenoxy) is 2. The molecular weight excluding hydrogens is 562 g/mol. The van der Waals surface area contributed by atoms with Gasteiger partial charge in [-0.05, 0) is 36.8 Å². The minimum Gasteiger partial charge on any atom is -0.497 e. The molecule has 7 rings (SSSR count). The Hall–Kier alpha value is -4.68. The molecule has 1 aliphatic carbocycles. The van der Waals surface area contributed by atoms with Crippen molar-refractivity contribution in [3.8, 4) is 11.5 Å². The molecule has 0 bridgehead atoms. The summed E-state index contributed by atoms with van der Waals surface area (Å²) < 4.78 is 11.3. The number of aryl methyl sites for hydroxylation is 1. The fourth-order valence-corrected chi connectivity index (χ4v) is 7.44. The molecule has 6 nitrogen and oxygen atoms in total. The van der Waals surface area contributed by atoms with E-state index in [2.05, 4.69) is 0 Å². The van der Waals surface area contributed by atoms with Crippen LogP contribution in [0.4, 0.5) is 5.69 Å². The Labute approximate surface area is 254 Å². The van der Waals surface area contributed by atoms with E-state index >= 15 is 0 Å². The van der Waals surface area contributed by atoms with E-state index in [0.29, 0.717) is 38.8 Å². The maximum Gasteiger partial charge on any atom is 0.185 e. The minimum absolute atomic E-state index is 0.197. The third kappa shape index (κ3) is 3.76. The van der Waals surface area contributed by atoms with E-state index in [4.69, 9.17) is 21.1 Å². The summed E-state index contributed by atoms with van der Waals surface area (Å²) in [4.78, 5) is 46.5. The van der Waals surface area contributed by atoms with E-state index in [1.54, 1.807) is 61.7 Å². The Morgan fingerprint density at radius 1 is 0.860 bits per heavy atom. The molecule has 4 aromatic rings. The first-order valence-electron chi connectivity index (χ1n) is 14.1. The lowest BCUT2D eigenvalue weighted by atomic mass is 9.64. The molecule has 1 spiro atoms. The minimum atomic E-state index is -1.63. The molecule has 3 aliphatic rings. The van der Waals surface area contributed by atoms with Crippen molar-refractivity contribution in [1.29, 1.82) is 0 Å². The molecule has 0 amide bonds. The number of hydrogen-bond acceptors (Lipinski definition) is 6. The van der Waals surface area contributed by atoms with Crippen LogP contribution in [0.1, 0.15) is 53.7 Å². The van der Waals surface area contributed by atoms with E-state index in [0.717, 1.165) is 16.8 Å². The molecule has 1 saturated heterocycles. The number of ketones is 3. The second-order valence-electron chi connectivity index (χ2n) is 11.2. The lowest BCUT2D eigenvalue weighted by Gasteiger charge is -2.37. The predicted molar refractivity (Wildman–Crippen MR) is 166 cm³/mol. The number of fused-ring (bicyclic) bond motifs is 5. The van der Waals surface area contributed by atoms with E-state index in [9.17, 15) is 14.4 Å². The largest absolute Gasteiger partial charge is 0.497 e. The zero-order valence-corrected chi connectivity index (χ0v) is 24.6. The van der Waals surface area contributed by atoms with Crippen molar-refractivity contribution in [2.24, 2.45) is 5.41 Å². The number of carbonyl (C=O) groups excluding carboxylic acids is 3. The number of nitrogens with zero attached hydrogens (tertiary/aromatic N) is 1. The Balaban J connectivity index is 1.57. The first-order valence-corrected chi connectivity index (χ1v) is 14.5. The van der Waals surface area contributed by atoms with Gasteiger partial charge >= 0.3 is 0 Å². The molecule has 3 atom stereocenters. The lowest BCUT2D eigenvalue weighted by Crippen LogP contribution is -2.48. The SMILES string of the molecule is COc1ccc([C@H]2[C@@H](C(=O)c3ccc(C)cc3)N3c4ccc(Cl)cc4C=C[C@@H]3C23C(=O)c2ccccc2C3=O)c(OC)c1. The van der Waals surface area contributed by atoms with Crippen LogP contribution in [0.3, 0.4) is 0 Å². The van der Waals surface area contributed by atoms with Crippen LogP contribution in [0.25, 0.3) is 6.08 Å². The Morgan fingerprint density at radius 2 is 1.56 bits per heavy atom. The van der Waals surface area contributed by atoms with Crippen molar-refractivity contribution < 1.29 is 23.9 Å². The second kappa shape index (κ2) is 9.96. The fraction of sp³-hybridized carbons (Fsp3) is 0.194. The zero-order chi connectivity index (χ0) is 30.0. The zero-order valence-electron chi connectivity index (χ0n) is 23.8. The van der Waals surface area contributed by atoms with Gasteiger partial charge in [-0.15, -0.1) is 0 Å². The van der Waals surface area contributed by atoms with Crippen LogP contribution in [-0.2, 0) is 0 Å². The molecular formula is C36H28ClNO5. The van der Waals surface area contributed by atoms with Crippen molar-refractivity contribution in [3.05, 3.63) is 129 Å². The third-order valence-electron chi connectivity index (χ3n) is 9.15. The number of anilines is 1. The van der Waals surface area contributed by atoms with Gasteiger partial charge in [-0.1, -0.05) is 83.9 Å². The van der Waals surface area contributed by atoms with Crippen molar-refractivity contribution in [2.45, 2.75) is 24.9 Å². The Kier molecular flexibility index (Phi) is 6.29. The number of methoxy groups -OCH3 is 2. The van der Waals surface area contributed by atoms with Crippen molar-refractivity contribution in [1.82, 2.24) is 0 Å². The van der Waals surface area contributed by atoms with Crippen LogP contribution >= 0.6 is 11.6 Å². The monoisotopic (exact) mass is 589 g/mol. The summed E-state index contributed by atoms with van der Waals surface area (Å²) in [6, 6.07) is 23.4. The molecule has 0 aromatic heterocycles. The van der Waals surface area contributed by atoms with Gasteiger partial charge in [-0.2, -0.15) is 0 Å². The summed E-state index contributed by atoms with van der Waals surface area (Å²) >= 11 is 6.39. The van der Waals surface area contributed by atoms with Crippen molar-refractivity contribution in [2.75, 3.05) is 19.1 Å². The standard InChI is InChI=1S/C36H28ClNO5/c1-20-8-10-21(11-9-20)33(39)32-31(27-15-14-24(42-2)19-29(27)43-3)36(34(40)25-6-4-5-7-26(25)35(36)41)30-17-12-22-18-23(37)13-16-28(22)38(30)32/h4-19,30-32H,1-3H3/t30-,31+,32+/m1/s1. The molecule has 43 heavy (non-hydrogen) atoms. The first-order chi connectivity index (χ1) is 20.8. The van der Waals surface area contributed by atoms with E-state index in [1.807, 2.05) is 54.3 Å². The highest BCUT2D eigenvalue weighted by Gasteiger charge is 2.72. The maximum absolute atomic E-state index is 14.8. The molecule has 4 aromatic carbocycles. The number of benzene rings is 4. The Bertz CT molecular complexity index is 1830. The van der Waals surface area contributed by atoms with Crippen LogP contribution < -0.4 is 14.4 Å². The smallest absolute Gasteiger partial charge is 0.185 e. The summed E-state index contributed by atoms with van der Waals surface area (Å²) in [6.45, 7) is 1.96. The average molecular weight is 590 g/mol. The number of halogens is 1. The number of hydrogen-bond donors (Lipinski definition) is 0. The number of rotatable bonds is 5. The molecule has 2 heterocycles. The second-order valence-corrected chi connectivity index (χ2v) is 11.7. The number of Topliss-reactive ketones (excluding diaryl/α,β-unsaturated/α-hetero) is 3. The summed E-state index contributed by atoms with van der Waals surface area (Å²) in [6.07, 6.45) is 3.78. The van der Waals surface area contributed by atoms with Crippen molar-refractivity contribution >= 4 is 40.7 Å². The summed E-state index contributed by atoms with van der Waals surface area (Å²) in [5, 5.41) is 0.547. The van der Waals surface area contributed by atoms with Crippen molar-refractivity contribution in [3.63, 3.8) is 0 Å². The van der Waals surface area contributed by atoms with Crippen LogP contribution in [0, 0.1) is 12.3 Å². The molecule has 0 unspecified atom stereocenters. The van der Waals surface area contributed by atoms with Gasteiger partial charge < -0.3 is 14.4 Å². The quantitative estimate of drug-likeness (QED) is 0.185. The lowest BCUT2D eigenvalue weighted by molar-refractivity contribution is 0.0665. The van der Waals surface area contributed by atoms with Crippen LogP contribution in [-0.4, -0.2) is 43.7 Å². The van der Waals surface area contributed by atoms with Crippen LogP contribution in [0.15, 0.2) is 91.0 Å². The van der Waals surface area contributed by atoms with Crippen LogP contribution in [0.5, 0.6) is 11.5 Å². The molecule has 2 aliphatic heterocycles. The average Bonchev–Trinajstić information content (AvgIpc) is 3.46. The highest BCUT2D eigenvalue weighted by Crippen LogP contribution is 2.62. The number of carbonyl (C=O) groups is 3. The van der Waals surface area contributed by atoms with Gasteiger partial charge in [0.1, 0.15) is 23.0 Å². The van der Waals surface area contributed by atoms with Gasteiger partial charge in [0.2, 0.25) is 0 Å². The normalized spacial score (nSPS) is 21.0. The topological polar surface area (TPSA) is 72.9 Å². The molecule has 214 valence electrons. The molecule has 0 radical (unpaired) electrons. The third-order valence-corrected chi connectivity index (χ3v) is 9.38. The summed E-state index contributed by atoms with van der Waals surface area (Å²) in [5.74, 6) is -0.705. The van der Waals surface area contributed by atoms with Gasteiger partial charge in [0.05, 0.1) is 20.3 Å². The summed E-state index contributed by atoms with van der Waals surface area (Å²) in [7, 11) is 3.09. The molecule has 0 N–H and O–H groups in total.